The van der Waals surface area contributed by atoms with Crippen LogP contribution in [0.25, 0.3) is 0 Å². The first kappa shape index (κ1) is 20.7. The highest BCUT2D eigenvalue weighted by Gasteiger charge is 2.38. The fourth-order valence-corrected chi connectivity index (χ4v) is 2.42. The minimum absolute atomic E-state index is 0.112. The Morgan fingerprint density at radius 3 is 1.64 bits per heavy atom. The highest BCUT2D eigenvalue weighted by Crippen LogP contribution is 2.36. The Morgan fingerprint density at radius 1 is 0.909 bits per heavy atom. The molecule has 4 heteroatoms. The van der Waals surface area contributed by atoms with Gasteiger partial charge in [0, 0.05) is 5.57 Å². The van der Waals surface area contributed by atoms with Gasteiger partial charge in [0.25, 0.3) is 0 Å². The Kier molecular flexibility index (Phi) is 6.43. The number of carbonyl (C=O) groups excluding carboxylic acids is 2. The van der Waals surface area contributed by atoms with Crippen molar-refractivity contribution in [3.63, 3.8) is 0 Å². The van der Waals surface area contributed by atoms with Gasteiger partial charge >= 0.3 is 11.9 Å². The molecule has 0 heterocycles. The van der Waals surface area contributed by atoms with E-state index in [4.69, 9.17) is 9.47 Å². The average molecular weight is 312 g/mol. The lowest BCUT2D eigenvalue weighted by Crippen LogP contribution is -2.42. The molecular formula is C18H32O4. The summed E-state index contributed by atoms with van der Waals surface area (Å²) in [4.78, 5) is 24.0. The van der Waals surface area contributed by atoms with Gasteiger partial charge in [0.05, 0.1) is 6.42 Å². The van der Waals surface area contributed by atoms with Crippen LogP contribution in [0.1, 0.15) is 68.7 Å². The highest BCUT2D eigenvalue weighted by atomic mass is 16.6. The van der Waals surface area contributed by atoms with Crippen LogP contribution in [0.2, 0.25) is 0 Å². The summed E-state index contributed by atoms with van der Waals surface area (Å²) in [5, 5.41) is 0. The Balaban J connectivity index is 4.80. The second-order valence-corrected chi connectivity index (χ2v) is 8.88. The smallest absolute Gasteiger partial charge is 0.334 e. The predicted octanol–water partition coefficient (Wildman–Crippen LogP) is 4.28. The summed E-state index contributed by atoms with van der Waals surface area (Å²) >= 11 is 0. The molecule has 0 aliphatic rings. The number of esters is 2. The second-order valence-electron chi connectivity index (χ2n) is 8.88. The molecule has 0 rings (SSSR count). The molecule has 0 radical (unpaired) electrons. The maximum absolute atomic E-state index is 12.1. The molecule has 0 aromatic heterocycles. The van der Waals surface area contributed by atoms with Gasteiger partial charge in [0.1, 0.15) is 11.7 Å². The minimum Gasteiger partial charge on any atom is -0.461 e. The molecule has 0 amide bonds. The van der Waals surface area contributed by atoms with E-state index in [1.165, 1.54) is 0 Å². The zero-order valence-corrected chi connectivity index (χ0v) is 15.6. The van der Waals surface area contributed by atoms with Crippen LogP contribution in [-0.2, 0) is 19.1 Å². The summed E-state index contributed by atoms with van der Waals surface area (Å²) < 4.78 is 10.8. The molecule has 0 saturated heterocycles. The summed E-state index contributed by atoms with van der Waals surface area (Å²) in [7, 11) is 0. The summed E-state index contributed by atoms with van der Waals surface area (Å²) in [5.74, 6) is -1.02. The third-order valence-electron chi connectivity index (χ3n) is 2.87. The summed E-state index contributed by atoms with van der Waals surface area (Å²) in [6.45, 7) is 21.1. The van der Waals surface area contributed by atoms with Gasteiger partial charge in [0.15, 0.2) is 0 Å². The van der Waals surface area contributed by atoms with Crippen molar-refractivity contribution < 1.29 is 19.1 Å². The first-order chi connectivity index (χ1) is 9.54. The van der Waals surface area contributed by atoms with Crippen molar-refractivity contribution in [1.29, 1.82) is 0 Å². The Labute approximate surface area is 135 Å². The van der Waals surface area contributed by atoms with E-state index in [2.05, 4.69) is 6.58 Å². The van der Waals surface area contributed by atoms with E-state index in [-0.39, 0.29) is 28.9 Å². The Hall–Kier alpha value is -1.32. The van der Waals surface area contributed by atoms with Gasteiger partial charge in [-0.2, -0.15) is 0 Å². The molecule has 0 unspecified atom stereocenters. The number of rotatable bonds is 4. The zero-order chi connectivity index (χ0) is 17.9. The van der Waals surface area contributed by atoms with Gasteiger partial charge in [-0.25, -0.2) is 4.79 Å². The maximum atomic E-state index is 12.1. The Morgan fingerprint density at radius 2 is 1.32 bits per heavy atom. The monoisotopic (exact) mass is 312 g/mol. The molecule has 0 saturated carbocycles. The normalized spacial score (nSPS) is 13.0. The highest BCUT2D eigenvalue weighted by molar-refractivity contribution is 5.93. The number of ether oxygens (including phenoxy) is 2. The molecule has 0 N–H and O–H groups in total. The molecule has 4 nitrogen and oxygen atoms in total. The molecular weight excluding hydrogens is 280 g/mol. The molecule has 0 fully saturated rings. The van der Waals surface area contributed by atoms with E-state index in [1.807, 2.05) is 41.5 Å². The molecule has 22 heavy (non-hydrogen) atoms. The van der Waals surface area contributed by atoms with Crippen molar-refractivity contribution >= 4 is 11.9 Å². The molecule has 0 aromatic rings. The van der Waals surface area contributed by atoms with Crippen molar-refractivity contribution in [3.05, 3.63) is 12.2 Å². The van der Waals surface area contributed by atoms with E-state index < -0.39 is 17.5 Å². The van der Waals surface area contributed by atoms with Crippen molar-refractivity contribution in [2.75, 3.05) is 0 Å². The molecule has 0 aromatic carbocycles. The van der Waals surface area contributed by atoms with E-state index in [0.29, 0.717) is 0 Å². The van der Waals surface area contributed by atoms with E-state index >= 15 is 0 Å². The third-order valence-corrected chi connectivity index (χ3v) is 2.87. The summed E-state index contributed by atoms with van der Waals surface area (Å²) in [6, 6.07) is 0. The van der Waals surface area contributed by atoms with Crippen LogP contribution in [0.15, 0.2) is 12.2 Å². The number of hydrogen-bond donors (Lipinski definition) is 0. The van der Waals surface area contributed by atoms with Gasteiger partial charge in [-0.05, 0) is 31.6 Å². The van der Waals surface area contributed by atoms with Gasteiger partial charge in [0.2, 0.25) is 0 Å². The van der Waals surface area contributed by atoms with Crippen LogP contribution in [0.5, 0.6) is 0 Å². The lowest BCUT2D eigenvalue weighted by molar-refractivity contribution is -0.164. The average Bonchev–Trinajstić information content (AvgIpc) is 2.20. The van der Waals surface area contributed by atoms with E-state index in [9.17, 15) is 9.59 Å². The first-order valence-corrected chi connectivity index (χ1v) is 7.64. The molecule has 0 atom stereocenters. The van der Waals surface area contributed by atoms with Gasteiger partial charge in [-0.15, -0.1) is 0 Å². The SMILES string of the molecule is C=C(CC(=O)OC(C(C)(C)C)C(C)(C)C)C(=O)OC(C)(C)C. The van der Waals surface area contributed by atoms with Crippen LogP contribution in [0, 0.1) is 10.8 Å². The van der Waals surface area contributed by atoms with Crippen molar-refractivity contribution in [2.45, 2.75) is 80.4 Å². The maximum Gasteiger partial charge on any atom is 0.334 e. The predicted molar refractivity (Wildman–Crippen MR) is 88.4 cm³/mol. The van der Waals surface area contributed by atoms with Crippen LogP contribution < -0.4 is 0 Å². The topological polar surface area (TPSA) is 52.6 Å². The summed E-state index contributed by atoms with van der Waals surface area (Å²) in [6.07, 6.45) is -0.420. The number of hydrogen-bond acceptors (Lipinski definition) is 4. The molecule has 0 aliphatic heterocycles. The molecule has 0 aliphatic carbocycles. The van der Waals surface area contributed by atoms with Crippen LogP contribution in [-0.4, -0.2) is 23.6 Å². The first-order valence-electron chi connectivity index (χ1n) is 7.64. The number of carbonyl (C=O) groups is 2. The van der Waals surface area contributed by atoms with Crippen molar-refractivity contribution in [2.24, 2.45) is 10.8 Å². The van der Waals surface area contributed by atoms with Gasteiger partial charge < -0.3 is 9.47 Å². The molecule has 0 spiro atoms. The van der Waals surface area contributed by atoms with Crippen LogP contribution >= 0.6 is 0 Å². The third kappa shape index (κ3) is 7.62. The van der Waals surface area contributed by atoms with Crippen LogP contribution in [0.3, 0.4) is 0 Å². The van der Waals surface area contributed by atoms with Crippen LogP contribution in [0.4, 0.5) is 0 Å². The van der Waals surface area contributed by atoms with Crippen molar-refractivity contribution in [3.8, 4) is 0 Å². The van der Waals surface area contributed by atoms with E-state index in [1.54, 1.807) is 20.8 Å². The lowest BCUT2D eigenvalue weighted by Gasteiger charge is -2.39. The fourth-order valence-electron chi connectivity index (χ4n) is 2.42. The summed E-state index contributed by atoms with van der Waals surface area (Å²) in [5.41, 5.74) is -0.882. The second kappa shape index (κ2) is 6.84. The van der Waals surface area contributed by atoms with E-state index in [0.717, 1.165) is 0 Å². The van der Waals surface area contributed by atoms with Gasteiger partial charge in [-0.1, -0.05) is 48.1 Å². The van der Waals surface area contributed by atoms with Crippen molar-refractivity contribution in [1.82, 2.24) is 0 Å². The Bertz CT molecular complexity index is 413. The molecule has 128 valence electrons. The van der Waals surface area contributed by atoms with Gasteiger partial charge in [-0.3, -0.25) is 4.79 Å². The quantitative estimate of drug-likeness (QED) is 0.574. The molecule has 0 bridgehead atoms. The zero-order valence-electron chi connectivity index (χ0n) is 15.6. The fraction of sp³-hybridized carbons (Fsp3) is 0.778. The largest absolute Gasteiger partial charge is 0.461 e. The lowest BCUT2D eigenvalue weighted by atomic mass is 9.74. The minimum atomic E-state index is -0.608. The standard InChI is InChI=1S/C18H32O4/c1-12(14(20)22-18(8,9)10)11-13(19)21-15(16(2,3)4)17(5,6)7/h15H,1,11H2,2-10H3.